The van der Waals surface area contributed by atoms with Gasteiger partial charge in [-0.1, -0.05) is 59.5 Å². The minimum absolute atomic E-state index is 0.0325. The van der Waals surface area contributed by atoms with Gasteiger partial charge in [0, 0.05) is 12.4 Å². The normalized spacial score (nSPS) is 15.3. The van der Waals surface area contributed by atoms with Crippen molar-refractivity contribution in [2.24, 2.45) is 5.92 Å². The summed E-state index contributed by atoms with van der Waals surface area (Å²) in [6.45, 7) is 8.79. The molecule has 0 aliphatic heterocycles. The minimum atomic E-state index is 0.0325. The van der Waals surface area contributed by atoms with Crippen molar-refractivity contribution in [3.63, 3.8) is 0 Å². The van der Waals surface area contributed by atoms with Gasteiger partial charge in [-0.05, 0) is 39.5 Å². The number of alkyl halides is 1. The van der Waals surface area contributed by atoms with Crippen LogP contribution in [0.1, 0.15) is 53.4 Å². The van der Waals surface area contributed by atoms with E-state index < -0.39 is 0 Å². The van der Waals surface area contributed by atoms with Crippen LogP contribution in [0.3, 0.4) is 0 Å². The molecule has 0 amide bonds. The standard InChI is InChI=1S/C16H29BrO/c1-14(8-6-9-15(2)11-13-17)10-7-12-16(3,4)18-5/h6,9,11,14H,7-8,10,12-13H2,1-5H3. The van der Waals surface area contributed by atoms with Gasteiger partial charge in [0.25, 0.3) is 0 Å². The highest BCUT2D eigenvalue weighted by Gasteiger charge is 2.15. The molecule has 0 rings (SSSR count). The summed E-state index contributed by atoms with van der Waals surface area (Å²) in [5.74, 6) is 0.755. The molecule has 106 valence electrons. The third-order valence-corrected chi connectivity index (χ3v) is 3.67. The summed E-state index contributed by atoms with van der Waals surface area (Å²) in [4.78, 5) is 0. The fourth-order valence-corrected chi connectivity index (χ4v) is 2.28. The van der Waals surface area contributed by atoms with Crippen molar-refractivity contribution in [3.8, 4) is 0 Å². The molecule has 2 heteroatoms. The molecule has 0 N–H and O–H groups in total. The van der Waals surface area contributed by atoms with Gasteiger partial charge in [0.2, 0.25) is 0 Å². The van der Waals surface area contributed by atoms with E-state index in [2.05, 4.69) is 61.9 Å². The zero-order chi connectivity index (χ0) is 14.0. The van der Waals surface area contributed by atoms with E-state index in [-0.39, 0.29) is 5.60 Å². The lowest BCUT2D eigenvalue weighted by Crippen LogP contribution is -2.22. The maximum absolute atomic E-state index is 5.43. The average Bonchev–Trinajstić information content (AvgIpc) is 2.29. The summed E-state index contributed by atoms with van der Waals surface area (Å²) in [5.41, 5.74) is 1.37. The molecule has 0 aromatic rings. The van der Waals surface area contributed by atoms with Gasteiger partial charge in [-0.3, -0.25) is 0 Å². The van der Waals surface area contributed by atoms with Gasteiger partial charge in [-0.15, -0.1) is 0 Å². The second-order valence-electron chi connectivity index (χ2n) is 5.70. The summed E-state index contributed by atoms with van der Waals surface area (Å²) >= 11 is 3.41. The quantitative estimate of drug-likeness (QED) is 0.403. The van der Waals surface area contributed by atoms with Gasteiger partial charge < -0.3 is 4.74 Å². The smallest absolute Gasteiger partial charge is 0.0622 e. The fraction of sp³-hybridized carbons (Fsp3) is 0.750. The Hall–Kier alpha value is -0.0800. The number of methoxy groups -OCH3 is 1. The molecule has 0 heterocycles. The third kappa shape index (κ3) is 9.90. The maximum Gasteiger partial charge on any atom is 0.0622 e. The Labute approximate surface area is 122 Å². The molecular weight excluding hydrogens is 288 g/mol. The Kier molecular flexibility index (Phi) is 9.76. The van der Waals surface area contributed by atoms with E-state index in [1.165, 1.54) is 24.8 Å². The first-order valence-corrected chi connectivity index (χ1v) is 7.98. The lowest BCUT2D eigenvalue weighted by Gasteiger charge is -2.23. The van der Waals surface area contributed by atoms with Crippen molar-refractivity contribution in [2.75, 3.05) is 12.4 Å². The van der Waals surface area contributed by atoms with Gasteiger partial charge in [0.05, 0.1) is 5.60 Å². The first-order valence-electron chi connectivity index (χ1n) is 6.85. The Morgan fingerprint density at radius 1 is 1.39 bits per heavy atom. The first-order chi connectivity index (χ1) is 8.41. The van der Waals surface area contributed by atoms with E-state index in [1.807, 2.05) is 0 Å². The molecule has 1 unspecified atom stereocenters. The Bertz CT molecular complexity index is 266. The maximum atomic E-state index is 5.43. The van der Waals surface area contributed by atoms with Crippen molar-refractivity contribution >= 4 is 15.9 Å². The molecular formula is C16H29BrO. The van der Waals surface area contributed by atoms with Crippen LogP contribution in [0.5, 0.6) is 0 Å². The molecule has 0 aromatic carbocycles. The van der Waals surface area contributed by atoms with Gasteiger partial charge >= 0.3 is 0 Å². The van der Waals surface area contributed by atoms with E-state index in [9.17, 15) is 0 Å². The van der Waals surface area contributed by atoms with E-state index in [0.29, 0.717) is 0 Å². The highest BCUT2D eigenvalue weighted by atomic mass is 79.9. The Balaban J connectivity index is 3.79. The Morgan fingerprint density at radius 3 is 2.61 bits per heavy atom. The van der Waals surface area contributed by atoms with Crippen LogP contribution < -0.4 is 0 Å². The summed E-state index contributed by atoms with van der Waals surface area (Å²) in [6.07, 6.45) is 11.5. The number of hydrogen-bond donors (Lipinski definition) is 0. The molecule has 1 atom stereocenters. The number of rotatable bonds is 9. The van der Waals surface area contributed by atoms with E-state index in [0.717, 1.165) is 17.7 Å². The first kappa shape index (κ1) is 17.9. The molecule has 0 aliphatic carbocycles. The van der Waals surface area contributed by atoms with Crippen LogP contribution in [-0.2, 0) is 4.74 Å². The molecule has 0 radical (unpaired) electrons. The highest BCUT2D eigenvalue weighted by Crippen LogP contribution is 2.20. The van der Waals surface area contributed by atoms with Gasteiger partial charge in [-0.25, -0.2) is 0 Å². The molecule has 1 nitrogen and oxygen atoms in total. The highest BCUT2D eigenvalue weighted by molar-refractivity contribution is 9.09. The van der Waals surface area contributed by atoms with E-state index >= 15 is 0 Å². The summed E-state index contributed by atoms with van der Waals surface area (Å²) in [5, 5.41) is 0.935. The van der Waals surface area contributed by atoms with E-state index in [1.54, 1.807) is 7.11 Å². The molecule has 0 bridgehead atoms. The monoisotopic (exact) mass is 316 g/mol. The summed E-state index contributed by atoms with van der Waals surface area (Å²) < 4.78 is 5.43. The Morgan fingerprint density at radius 2 is 2.06 bits per heavy atom. The zero-order valence-corrected chi connectivity index (χ0v) is 14.2. The number of hydrogen-bond acceptors (Lipinski definition) is 1. The molecule has 18 heavy (non-hydrogen) atoms. The molecule has 0 spiro atoms. The van der Waals surface area contributed by atoms with Crippen LogP contribution >= 0.6 is 15.9 Å². The van der Waals surface area contributed by atoms with Crippen LogP contribution in [0.15, 0.2) is 23.8 Å². The SMILES string of the molecule is COC(C)(C)CCCC(C)CC=CC(C)=CCBr. The van der Waals surface area contributed by atoms with Crippen LogP contribution in [0.25, 0.3) is 0 Å². The molecule has 0 saturated carbocycles. The largest absolute Gasteiger partial charge is 0.379 e. The lowest BCUT2D eigenvalue weighted by atomic mass is 9.95. The van der Waals surface area contributed by atoms with Crippen molar-refractivity contribution in [2.45, 2.75) is 59.0 Å². The van der Waals surface area contributed by atoms with Crippen molar-refractivity contribution in [1.29, 1.82) is 0 Å². The fourth-order valence-electron chi connectivity index (χ4n) is 1.77. The number of ether oxygens (including phenoxy) is 1. The predicted molar refractivity (Wildman–Crippen MR) is 85.4 cm³/mol. The summed E-state index contributed by atoms with van der Waals surface area (Å²) in [6, 6.07) is 0. The molecule has 0 aliphatic rings. The van der Waals surface area contributed by atoms with Gasteiger partial charge in [-0.2, -0.15) is 0 Å². The van der Waals surface area contributed by atoms with Crippen molar-refractivity contribution < 1.29 is 4.74 Å². The van der Waals surface area contributed by atoms with Crippen LogP contribution in [0, 0.1) is 5.92 Å². The number of allylic oxidation sites excluding steroid dienone is 4. The predicted octanol–water partition coefficient (Wildman–Crippen LogP) is 5.51. The minimum Gasteiger partial charge on any atom is -0.379 e. The van der Waals surface area contributed by atoms with Crippen molar-refractivity contribution in [3.05, 3.63) is 23.8 Å². The zero-order valence-electron chi connectivity index (χ0n) is 12.6. The number of halogens is 1. The van der Waals surface area contributed by atoms with Crippen LogP contribution in [0.4, 0.5) is 0 Å². The third-order valence-electron chi connectivity index (χ3n) is 3.35. The van der Waals surface area contributed by atoms with E-state index in [4.69, 9.17) is 4.74 Å². The second kappa shape index (κ2) is 9.80. The molecule has 0 fully saturated rings. The van der Waals surface area contributed by atoms with Crippen LogP contribution in [-0.4, -0.2) is 18.0 Å². The topological polar surface area (TPSA) is 9.23 Å². The van der Waals surface area contributed by atoms with Gasteiger partial charge in [0.15, 0.2) is 0 Å². The second-order valence-corrected chi connectivity index (χ2v) is 6.35. The average molecular weight is 317 g/mol. The molecule has 0 saturated heterocycles. The lowest BCUT2D eigenvalue weighted by molar-refractivity contribution is 0.0128. The van der Waals surface area contributed by atoms with Gasteiger partial charge in [0.1, 0.15) is 0 Å². The van der Waals surface area contributed by atoms with Crippen molar-refractivity contribution in [1.82, 2.24) is 0 Å². The summed E-state index contributed by atoms with van der Waals surface area (Å²) in [7, 11) is 1.80. The molecule has 0 aromatic heterocycles. The van der Waals surface area contributed by atoms with Crippen LogP contribution in [0.2, 0.25) is 0 Å².